The van der Waals surface area contributed by atoms with Crippen LogP contribution in [0.3, 0.4) is 0 Å². The van der Waals surface area contributed by atoms with Crippen molar-refractivity contribution in [1.29, 1.82) is 0 Å². The number of hydrogen-bond acceptors (Lipinski definition) is 4. The molecule has 3 aliphatic heterocycles. The van der Waals surface area contributed by atoms with E-state index in [0.29, 0.717) is 37.8 Å². The summed E-state index contributed by atoms with van der Waals surface area (Å²) in [7, 11) is -1.96. The van der Waals surface area contributed by atoms with E-state index < -0.39 is 15.4 Å². The van der Waals surface area contributed by atoms with Gasteiger partial charge in [0.15, 0.2) is 0 Å². The maximum Gasteiger partial charge on any atom is 0.243 e. The Morgan fingerprint density at radius 3 is 2.25 bits per heavy atom. The summed E-state index contributed by atoms with van der Waals surface area (Å²) in [4.78, 5) is 29.4. The molecule has 176 valence electrons. The first-order valence-corrected chi connectivity index (χ1v) is 13.1. The Labute approximate surface area is 191 Å². The summed E-state index contributed by atoms with van der Waals surface area (Å²) < 4.78 is 28.2. The molecule has 1 aromatic rings. The summed E-state index contributed by atoms with van der Waals surface area (Å²) in [6.45, 7) is 10.3. The lowest BCUT2D eigenvalue weighted by molar-refractivity contribution is -0.139. The number of rotatable bonds is 3. The van der Waals surface area contributed by atoms with Crippen molar-refractivity contribution in [2.75, 3.05) is 38.1 Å². The van der Waals surface area contributed by atoms with Gasteiger partial charge in [0, 0.05) is 44.8 Å². The van der Waals surface area contributed by atoms with Crippen LogP contribution in [-0.4, -0.2) is 62.7 Å². The first-order chi connectivity index (χ1) is 14.9. The van der Waals surface area contributed by atoms with Crippen molar-refractivity contribution in [3.8, 4) is 0 Å². The molecule has 0 bridgehead atoms. The largest absolute Gasteiger partial charge is 0.342 e. The Kier molecular flexibility index (Phi) is 5.91. The van der Waals surface area contributed by atoms with E-state index in [1.54, 1.807) is 30.1 Å². The van der Waals surface area contributed by atoms with E-state index in [4.69, 9.17) is 0 Å². The topological polar surface area (TPSA) is 78.0 Å². The van der Waals surface area contributed by atoms with E-state index in [0.717, 1.165) is 30.8 Å². The van der Waals surface area contributed by atoms with Crippen molar-refractivity contribution in [2.24, 2.45) is 17.8 Å². The van der Waals surface area contributed by atoms with Crippen LogP contribution in [0.25, 0.3) is 0 Å². The first-order valence-electron chi connectivity index (χ1n) is 11.6. The number of amides is 2. The van der Waals surface area contributed by atoms with Crippen molar-refractivity contribution >= 4 is 27.5 Å². The van der Waals surface area contributed by atoms with E-state index in [1.165, 1.54) is 4.31 Å². The third kappa shape index (κ3) is 3.85. The minimum Gasteiger partial charge on any atom is -0.342 e. The fourth-order valence-electron chi connectivity index (χ4n) is 5.71. The van der Waals surface area contributed by atoms with Gasteiger partial charge in [-0.1, -0.05) is 13.8 Å². The van der Waals surface area contributed by atoms with Crippen molar-refractivity contribution in [1.82, 2.24) is 9.21 Å². The molecule has 1 aromatic carbocycles. The van der Waals surface area contributed by atoms with Gasteiger partial charge in [-0.3, -0.25) is 9.59 Å². The predicted octanol–water partition coefficient (Wildman–Crippen LogP) is 2.85. The highest BCUT2D eigenvalue weighted by molar-refractivity contribution is 7.89. The van der Waals surface area contributed by atoms with Crippen LogP contribution >= 0.6 is 0 Å². The van der Waals surface area contributed by atoms with Crippen molar-refractivity contribution in [3.05, 3.63) is 23.8 Å². The molecule has 32 heavy (non-hydrogen) atoms. The zero-order chi connectivity index (χ0) is 23.4. The molecule has 3 aliphatic rings. The summed E-state index contributed by atoms with van der Waals surface area (Å²) in [5.41, 5.74) is 0.746. The van der Waals surface area contributed by atoms with Crippen LogP contribution in [-0.2, 0) is 25.0 Å². The lowest BCUT2D eigenvalue weighted by atomic mass is 9.86. The molecule has 7 nitrogen and oxygen atoms in total. The molecular weight excluding hydrogens is 426 g/mol. The van der Waals surface area contributed by atoms with Crippen LogP contribution in [0.5, 0.6) is 0 Å². The number of likely N-dealkylation sites (N-methyl/N-ethyl adjacent to an activating group) is 1. The summed E-state index contributed by atoms with van der Waals surface area (Å²) in [6, 6.07) is 4.97. The van der Waals surface area contributed by atoms with Crippen LogP contribution < -0.4 is 4.90 Å². The van der Waals surface area contributed by atoms with Gasteiger partial charge in [0.05, 0.1) is 10.3 Å². The van der Waals surface area contributed by atoms with Crippen molar-refractivity contribution in [2.45, 2.75) is 57.3 Å². The van der Waals surface area contributed by atoms with Crippen LogP contribution in [0.1, 0.15) is 52.5 Å². The maximum absolute atomic E-state index is 13.4. The fourth-order valence-corrected chi connectivity index (χ4v) is 7.20. The van der Waals surface area contributed by atoms with Crippen molar-refractivity contribution in [3.63, 3.8) is 0 Å². The number of carbonyl (C=O) groups is 2. The molecule has 0 radical (unpaired) electrons. The number of hydrogen-bond donors (Lipinski definition) is 0. The predicted molar refractivity (Wildman–Crippen MR) is 124 cm³/mol. The number of benzene rings is 1. The summed E-state index contributed by atoms with van der Waals surface area (Å²) in [5.74, 6) is 1.06. The zero-order valence-corrected chi connectivity index (χ0v) is 20.6. The number of anilines is 1. The van der Waals surface area contributed by atoms with Gasteiger partial charge in [0.1, 0.15) is 0 Å². The fraction of sp³-hybridized carbons (Fsp3) is 0.667. The van der Waals surface area contributed by atoms with Crippen LogP contribution in [0.4, 0.5) is 5.69 Å². The minimum absolute atomic E-state index is 0.0391. The Bertz CT molecular complexity index is 1020. The Hall–Kier alpha value is -1.93. The Balaban J connectivity index is 1.47. The quantitative estimate of drug-likeness (QED) is 0.694. The van der Waals surface area contributed by atoms with Gasteiger partial charge < -0.3 is 9.80 Å². The number of likely N-dealkylation sites (tertiary alicyclic amines) is 1. The van der Waals surface area contributed by atoms with Crippen LogP contribution in [0, 0.1) is 17.8 Å². The van der Waals surface area contributed by atoms with Gasteiger partial charge >= 0.3 is 0 Å². The third-order valence-electron chi connectivity index (χ3n) is 7.46. The Morgan fingerprint density at radius 2 is 1.66 bits per heavy atom. The highest BCUT2D eigenvalue weighted by Crippen LogP contribution is 2.42. The molecule has 0 unspecified atom stereocenters. The molecular formula is C24H35N3O4S. The smallest absolute Gasteiger partial charge is 0.243 e. The van der Waals surface area contributed by atoms with Crippen LogP contribution in [0.2, 0.25) is 0 Å². The molecule has 0 aromatic heterocycles. The number of fused-ring (bicyclic) bond motifs is 1. The van der Waals surface area contributed by atoms with E-state index in [9.17, 15) is 18.0 Å². The minimum atomic E-state index is -3.68. The second kappa shape index (κ2) is 8.13. The first kappa shape index (κ1) is 23.2. The van der Waals surface area contributed by atoms with Gasteiger partial charge in [-0.2, -0.15) is 4.31 Å². The molecule has 2 amide bonds. The molecule has 2 fully saturated rings. The van der Waals surface area contributed by atoms with E-state index in [1.807, 2.05) is 18.7 Å². The normalized spacial score (nSPS) is 27.0. The molecule has 2 atom stereocenters. The highest BCUT2D eigenvalue weighted by Gasteiger charge is 2.43. The van der Waals surface area contributed by atoms with Gasteiger partial charge in [0.25, 0.3) is 0 Å². The van der Waals surface area contributed by atoms with E-state index in [-0.39, 0.29) is 22.6 Å². The monoisotopic (exact) mass is 461 g/mol. The molecule has 8 heteroatoms. The third-order valence-corrected chi connectivity index (χ3v) is 9.36. The zero-order valence-electron chi connectivity index (χ0n) is 19.8. The summed E-state index contributed by atoms with van der Waals surface area (Å²) in [5, 5.41) is 0. The second-order valence-corrected chi connectivity index (χ2v) is 12.5. The lowest BCUT2D eigenvalue weighted by Crippen LogP contribution is -2.48. The van der Waals surface area contributed by atoms with Gasteiger partial charge in [-0.15, -0.1) is 0 Å². The summed E-state index contributed by atoms with van der Waals surface area (Å²) >= 11 is 0. The van der Waals surface area contributed by atoms with Gasteiger partial charge in [0.2, 0.25) is 21.8 Å². The Morgan fingerprint density at radius 1 is 1.06 bits per heavy atom. The molecule has 4 rings (SSSR count). The molecule has 0 spiro atoms. The van der Waals surface area contributed by atoms with E-state index >= 15 is 0 Å². The number of piperidine rings is 2. The average Bonchev–Trinajstić information content (AvgIpc) is 2.92. The van der Waals surface area contributed by atoms with Gasteiger partial charge in [-0.05, 0) is 68.7 Å². The average molecular weight is 462 g/mol. The maximum atomic E-state index is 13.4. The van der Waals surface area contributed by atoms with Crippen molar-refractivity contribution < 1.29 is 18.0 Å². The number of nitrogens with zero attached hydrogens (tertiary/aromatic N) is 3. The molecule has 2 saturated heterocycles. The van der Waals surface area contributed by atoms with E-state index in [2.05, 4.69) is 13.8 Å². The highest BCUT2D eigenvalue weighted by atomic mass is 32.2. The molecule has 0 N–H and O–H groups in total. The number of sulfonamides is 1. The molecule has 0 aliphatic carbocycles. The van der Waals surface area contributed by atoms with Crippen LogP contribution in [0.15, 0.2) is 23.1 Å². The summed E-state index contributed by atoms with van der Waals surface area (Å²) in [6.07, 6.45) is 2.25. The number of carbonyl (C=O) groups excluding carboxylic acids is 2. The molecule has 0 saturated carbocycles. The van der Waals surface area contributed by atoms with Gasteiger partial charge in [-0.25, -0.2) is 8.42 Å². The standard InChI is InChI=1S/C24H35N3O4S/c1-16-12-17(2)15-26(14-16)22(28)18-8-10-27(11-9-18)32(30,31)19-6-7-21-20(13-19)24(3,4)23(29)25(21)5/h6-7,13,16-18H,8-12,14-15H2,1-5H3/t16-,17-/m1/s1. The molecule has 3 heterocycles. The lowest BCUT2D eigenvalue weighted by Gasteiger charge is -2.39. The second-order valence-electron chi connectivity index (χ2n) is 10.5. The SMILES string of the molecule is C[C@@H]1C[C@@H](C)CN(C(=O)C2CCN(S(=O)(=O)c3ccc4c(c3)C(C)(C)C(=O)N4C)CC2)C1.